The van der Waals surface area contributed by atoms with Gasteiger partial charge in [-0.25, -0.2) is 4.98 Å². The number of nitrogens with zero attached hydrogens (tertiary/aromatic N) is 2. The van der Waals surface area contributed by atoms with Gasteiger partial charge in [-0.05, 0) is 37.0 Å². The summed E-state index contributed by atoms with van der Waals surface area (Å²) in [4.78, 5) is 6.92. The van der Waals surface area contributed by atoms with Gasteiger partial charge in [0.15, 0.2) is 0 Å². The fourth-order valence-corrected chi connectivity index (χ4v) is 1.94. The molecule has 1 heterocycles. The average Bonchev–Trinajstić information content (AvgIpc) is 3.14. The van der Waals surface area contributed by atoms with E-state index >= 15 is 0 Å². The summed E-state index contributed by atoms with van der Waals surface area (Å²) in [6.45, 7) is 3.96. The van der Waals surface area contributed by atoms with Crippen molar-refractivity contribution in [3.05, 3.63) is 23.9 Å². The van der Waals surface area contributed by atoms with Crippen LogP contribution in [0, 0.1) is 0 Å². The van der Waals surface area contributed by atoms with Crippen molar-refractivity contribution in [1.82, 2.24) is 4.98 Å². The lowest BCUT2D eigenvalue weighted by Gasteiger charge is -2.23. The largest absolute Gasteiger partial charge is 0.354 e. The Morgan fingerprint density at radius 2 is 2.31 bits per heavy atom. The van der Waals surface area contributed by atoms with Gasteiger partial charge in [0.05, 0.1) is 0 Å². The Hall–Kier alpha value is -1.09. The maximum atomic E-state index is 5.66. The highest BCUT2D eigenvalue weighted by atomic mass is 15.2. The summed E-state index contributed by atoms with van der Waals surface area (Å²) in [6.07, 6.45) is 6.99. The third-order valence-corrected chi connectivity index (χ3v) is 3.08. The Morgan fingerprint density at radius 1 is 1.50 bits per heavy atom. The van der Waals surface area contributed by atoms with Crippen molar-refractivity contribution in [3.63, 3.8) is 0 Å². The van der Waals surface area contributed by atoms with E-state index in [-0.39, 0.29) is 0 Å². The van der Waals surface area contributed by atoms with E-state index in [4.69, 9.17) is 5.73 Å². The number of aromatic nitrogens is 1. The maximum absolute atomic E-state index is 5.66. The fourth-order valence-electron chi connectivity index (χ4n) is 1.94. The highest BCUT2D eigenvalue weighted by molar-refractivity contribution is 5.43. The molecule has 0 bridgehead atoms. The summed E-state index contributed by atoms with van der Waals surface area (Å²) < 4.78 is 0. The Bertz CT molecular complexity index is 334. The predicted molar refractivity (Wildman–Crippen MR) is 67.4 cm³/mol. The highest BCUT2D eigenvalue weighted by Crippen LogP contribution is 2.31. The number of hydrogen-bond acceptors (Lipinski definition) is 3. The van der Waals surface area contributed by atoms with Gasteiger partial charge in [-0.1, -0.05) is 13.3 Å². The molecule has 16 heavy (non-hydrogen) atoms. The third-order valence-electron chi connectivity index (χ3n) is 3.08. The highest BCUT2D eigenvalue weighted by Gasteiger charge is 2.29. The van der Waals surface area contributed by atoms with Crippen LogP contribution in [0.5, 0.6) is 0 Å². The number of pyridine rings is 1. The maximum Gasteiger partial charge on any atom is 0.129 e. The molecule has 3 heteroatoms. The summed E-state index contributed by atoms with van der Waals surface area (Å²) in [5.74, 6) is 1.11. The van der Waals surface area contributed by atoms with Crippen LogP contribution in [-0.4, -0.2) is 17.6 Å². The SMILES string of the molecule is CCCCN(c1cc(CN)ccn1)C1CC1. The molecule has 1 fully saturated rings. The molecule has 1 aromatic rings. The van der Waals surface area contributed by atoms with Crippen LogP contribution >= 0.6 is 0 Å². The number of rotatable bonds is 6. The minimum atomic E-state index is 0.599. The fraction of sp³-hybridized carbons (Fsp3) is 0.615. The van der Waals surface area contributed by atoms with Crippen molar-refractivity contribution in [2.75, 3.05) is 11.4 Å². The first-order valence-corrected chi connectivity index (χ1v) is 6.26. The second-order valence-electron chi connectivity index (χ2n) is 4.50. The van der Waals surface area contributed by atoms with E-state index in [1.807, 2.05) is 12.3 Å². The molecule has 2 rings (SSSR count). The molecule has 0 spiro atoms. The lowest BCUT2D eigenvalue weighted by Crippen LogP contribution is -2.27. The third kappa shape index (κ3) is 2.73. The standard InChI is InChI=1S/C13H21N3/c1-2-3-8-16(12-4-5-12)13-9-11(10-14)6-7-15-13/h6-7,9,12H,2-5,8,10,14H2,1H3. The summed E-state index contributed by atoms with van der Waals surface area (Å²) in [7, 11) is 0. The molecule has 0 atom stereocenters. The quantitative estimate of drug-likeness (QED) is 0.798. The number of nitrogens with two attached hydrogens (primary N) is 1. The second kappa shape index (κ2) is 5.30. The van der Waals surface area contributed by atoms with Crippen molar-refractivity contribution in [2.24, 2.45) is 5.73 Å². The normalized spacial score (nSPS) is 15.1. The van der Waals surface area contributed by atoms with E-state index < -0.39 is 0 Å². The number of unbranched alkanes of at least 4 members (excludes halogenated alkanes) is 1. The molecular weight excluding hydrogens is 198 g/mol. The molecule has 3 nitrogen and oxygen atoms in total. The van der Waals surface area contributed by atoms with Crippen molar-refractivity contribution in [2.45, 2.75) is 45.2 Å². The molecular formula is C13H21N3. The van der Waals surface area contributed by atoms with Gasteiger partial charge in [0.25, 0.3) is 0 Å². The zero-order chi connectivity index (χ0) is 11.4. The Kier molecular flexibility index (Phi) is 3.78. The Labute approximate surface area is 97.7 Å². The van der Waals surface area contributed by atoms with Gasteiger partial charge in [0, 0.05) is 25.3 Å². The van der Waals surface area contributed by atoms with Crippen LogP contribution in [0.3, 0.4) is 0 Å². The van der Waals surface area contributed by atoms with Gasteiger partial charge in [-0.2, -0.15) is 0 Å². The van der Waals surface area contributed by atoms with Crippen LogP contribution < -0.4 is 10.6 Å². The van der Waals surface area contributed by atoms with E-state index in [9.17, 15) is 0 Å². The molecule has 0 radical (unpaired) electrons. The molecule has 2 N–H and O–H groups in total. The first-order valence-electron chi connectivity index (χ1n) is 6.26. The molecule has 1 aromatic heterocycles. The van der Waals surface area contributed by atoms with Crippen molar-refractivity contribution < 1.29 is 0 Å². The predicted octanol–water partition coefficient (Wildman–Crippen LogP) is 2.31. The van der Waals surface area contributed by atoms with Crippen LogP contribution in [0.2, 0.25) is 0 Å². The molecule has 0 aliphatic heterocycles. The topological polar surface area (TPSA) is 42.1 Å². The smallest absolute Gasteiger partial charge is 0.129 e. The monoisotopic (exact) mass is 219 g/mol. The summed E-state index contributed by atoms with van der Waals surface area (Å²) in [5, 5.41) is 0. The van der Waals surface area contributed by atoms with E-state index in [1.54, 1.807) is 0 Å². The minimum absolute atomic E-state index is 0.599. The minimum Gasteiger partial charge on any atom is -0.354 e. The van der Waals surface area contributed by atoms with Gasteiger partial charge in [-0.3, -0.25) is 0 Å². The van der Waals surface area contributed by atoms with E-state index in [1.165, 1.54) is 31.2 Å². The van der Waals surface area contributed by atoms with Gasteiger partial charge >= 0.3 is 0 Å². The van der Waals surface area contributed by atoms with Gasteiger partial charge in [0.1, 0.15) is 5.82 Å². The summed E-state index contributed by atoms with van der Waals surface area (Å²) in [5.41, 5.74) is 6.84. The molecule has 0 amide bonds. The molecule has 0 aromatic carbocycles. The summed E-state index contributed by atoms with van der Waals surface area (Å²) in [6, 6.07) is 4.86. The first-order chi connectivity index (χ1) is 7.85. The van der Waals surface area contributed by atoms with Gasteiger partial charge < -0.3 is 10.6 Å². The van der Waals surface area contributed by atoms with Crippen molar-refractivity contribution in [3.8, 4) is 0 Å². The molecule has 88 valence electrons. The molecule has 0 saturated heterocycles. The molecule has 0 unspecified atom stereocenters. The second-order valence-corrected chi connectivity index (χ2v) is 4.50. The Morgan fingerprint density at radius 3 is 2.94 bits per heavy atom. The van der Waals surface area contributed by atoms with E-state index in [2.05, 4.69) is 22.9 Å². The molecule has 1 aliphatic carbocycles. The van der Waals surface area contributed by atoms with E-state index in [0.29, 0.717) is 6.54 Å². The number of anilines is 1. The van der Waals surface area contributed by atoms with Crippen molar-refractivity contribution >= 4 is 5.82 Å². The lowest BCUT2D eigenvalue weighted by molar-refractivity contribution is 0.704. The van der Waals surface area contributed by atoms with Crippen LogP contribution in [0.1, 0.15) is 38.2 Å². The first kappa shape index (κ1) is 11.4. The van der Waals surface area contributed by atoms with Crippen LogP contribution in [0.15, 0.2) is 18.3 Å². The molecule has 1 aliphatic rings. The summed E-state index contributed by atoms with van der Waals surface area (Å²) >= 11 is 0. The van der Waals surface area contributed by atoms with Crippen LogP contribution in [0.25, 0.3) is 0 Å². The zero-order valence-corrected chi connectivity index (χ0v) is 10.0. The molecule has 1 saturated carbocycles. The Balaban J connectivity index is 2.10. The zero-order valence-electron chi connectivity index (χ0n) is 10.0. The number of hydrogen-bond donors (Lipinski definition) is 1. The lowest BCUT2D eigenvalue weighted by atomic mass is 10.2. The van der Waals surface area contributed by atoms with Crippen LogP contribution in [0.4, 0.5) is 5.82 Å². The van der Waals surface area contributed by atoms with Crippen molar-refractivity contribution in [1.29, 1.82) is 0 Å². The van der Waals surface area contributed by atoms with Gasteiger partial charge in [-0.15, -0.1) is 0 Å². The average molecular weight is 219 g/mol. The van der Waals surface area contributed by atoms with Crippen LogP contribution in [-0.2, 0) is 6.54 Å². The van der Waals surface area contributed by atoms with E-state index in [0.717, 1.165) is 18.4 Å². The van der Waals surface area contributed by atoms with Gasteiger partial charge in [0.2, 0.25) is 0 Å².